The van der Waals surface area contributed by atoms with Crippen molar-refractivity contribution in [3.63, 3.8) is 0 Å². The number of rotatable bonds is 5. The first-order valence-corrected chi connectivity index (χ1v) is 8.66. The molecular formula is C17H23Cl2N3OS. The molecule has 2 heterocycles. The van der Waals surface area contributed by atoms with E-state index in [0.717, 1.165) is 31.1 Å². The number of aromatic nitrogens is 1. The maximum Gasteiger partial charge on any atom is 0.270 e. The molecule has 1 aromatic heterocycles. The molecule has 1 unspecified atom stereocenters. The van der Waals surface area contributed by atoms with E-state index in [1.54, 1.807) is 11.3 Å². The van der Waals surface area contributed by atoms with Crippen molar-refractivity contribution in [2.45, 2.75) is 19.3 Å². The quantitative estimate of drug-likeness (QED) is 0.827. The summed E-state index contributed by atoms with van der Waals surface area (Å²) in [4.78, 5) is 16.6. The van der Waals surface area contributed by atoms with Gasteiger partial charge in [0.05, 0.1) is 5.01 Å². The van der Waals surface area contributed by atoms with Crippen LogP contribution in [-0.4, -0.2) is 30.5 Å². The smallest absolute Gasteiger partial charge is 0.270 e. The highest BCUT2D eigenvalue weighted by Gasteiger charge is 2.16. The van der Waals surface area contributed by atoms with E-state index in [2.05, 4.69) is 27.8 Å². The summed E-state index contributed by atoms with van der Waals surface area (Å²) in [5.41, 5.74) is 1.76. The second-order valence-electron chi connectivity index (χ2n) is 5.71. The molecule has 1 aliphatic heterocycles. The van der Waals surface area contributed by atoms with Crippen LogP contribution in [-0.2, 0) is 6.42 Å². The Labute approximate surface area is 159 Å². The molecule has 2 N–H and O–H groups in total. The van der Waals surface area contributed by atoms with Gasteiger partial charge in [0.25, 0.3) is 5.91 Å². The van der Waals surface area contributed by atoms with Crippen molar-refractivity contribution in [1.82, 2.24) is 15.6 Å². The first-order chi connectivity index (χ1) is 10.8. The Hall–Kier alpha value is -1.14. The van der Waals surface area contributed by atoms with Crippen LogP contribution in [0.1, 0.15) is 33.9 Å². The molecule has 0 radical (unpaired) electrons. The minimum absolute atomic E-state index is 0. The number of hydrogen-bond donors (Lipinski definition) is 2. The predicted octanol–water partition coefficient (Wildman–Crippen LogP) is 3.31. The van der Waals surface area contributed by atoms with E-state index in [-0.39, 0.29) is 30.7 Å². The molecule has 1 aliphatic rings. The van der Waals surface area contributed by atoms with Crippen molar-refractivity contribution in [2.24, 2.45) is 5.92 Å². The lowest BCUT2D eigenvalue weighted by atomic mass is 10.00. The van der Waals surface area contributed by atoms with E-state index < -0.39 is 0 Å². The highest BCUT2D eigenvalue weighted by Crippen LogP contribution is 2.15. The fourth-order valence-corrected chi connectivity index (χ4v) is 3.50. The van der Waals surface area contributed by atoms with E-state index in [0.29, 0.717) is 11.6 Å². The standard InChI is InChI=1S/C17H21N3OS.2ClH/c21-17(19-11-14-7-4-8-18-10-14)15-12-22-16(20-15)9-13-5-2-1-3-6-13;;/h1-3,5-6,12,14,18H,4,7-11H2,(H,19,21);2*1H. The molecule has 24 heavy (non-hydrogen) atoms. The summed E-state index contributed by atoms with van der Waals surface area (Å²) in [5, 5.41) is 9.21. The number of hydrogen-bond acceptors (Lipinski definition) is 4. The average molecular weight is 388 g/mol. The molecule has 1 amide bonds. The van der Waals surface area contributed by atoms with Gasteiger partial charge in [-0.05, 0) is 37.4 Å². The Bertz CT molecular complexity index is 615. The zero-order valence-corrected chi connectivity index (χ0v) is 15.8. The van der Waals surface area contributed by atoms with Crippen molar-refractivity contribution >= 4 is 42.1 Å². The predicted molar refractivity (Wildman–Crippen MR) is 104 cm³/mol. The first-order valence-electron chi connectivity index (χ1n) is 7.78. The van der Waals surface area contributed by atoms with Gasteiger partial charge in [-0.25, -0.2) is 4.98 Å². The van der Waals surface area contributed by atoms with Gasteiger partial charge in [-0.2, -0.15) is 0 Å². The molecule has 0 aliphatic carbocycles. The average Bonchev–Trinajstić information content (AvgIpc) is 3.03. The Morgan fingerprint density at radius 1 is 1.29 bits per heavy atom. The third-order valence-corrected chi connectivity index (χ3v) is 4.78. The molecule has 2 aromatic rings. The number of nitrogens with zero attached hydrogens (tertiary/aromatic N) is 1. The molecule has 132 valence electrons. The lowest BCUT2D eigenvalue weighted by Crippen LogP contribution is -2.38. The van der Waals surface area contributed by atoms with Crippen molar-refractivity contribution in [2.75, 3.05) is 19.6 Å². The van der Waals surface area contributed by atoms with Gasteiger partial charge >= 0.3 is 0 Å². The van der Waals surface area contributed by atoms with Crippen LogP contribution >= 0.6 is 36.2 Å². The molecule has 0 saturated carbocycles. The van der Waals surface area contributed by atoms with Crippen LogP contribution in [0.4, 0.5) is 0 Å². The van der Waals surface area contributed by atoms with Gasteiger partial charge in [-0.15, -0.1) is 36.2 Å². The lowest BCUT2D eigenvalue weighted by Gasteiger charge is -2.22. The maximum absolute atomic E-state index is 12.2. The lowest BCUT2D eigenvalue weighted by molar-refractivity contribution is 0.0940. The van der Waals surface area contributed by atoms with Gasteiger partial charge < -0.3 is 10.6 Å². The van der Waals surface area contributed by atoms with Crippen LogP contribution in [0.25, 0.3) is 0 Å². The van der Waals surface area contributed by atoms with Gasteiger partial charge in [0.15, 0.2) is 0 Å². The third kappa shape index (κ3) is 6.06. The normalized spacial score (nSPS) is 16.6. The van der Waals surface area contributed by atoms with Gasteiger partial charge in [-0.1, -0.05) is 30.3 Å². The minimum atomic E-state index is -0.0545. The van der Waals surface area contributed by atoms with E-state index >= 15 is 0 Å². The van der Waals surface area contributed by atoms with Crippen LogP contribution in [0.5, 0.6) is 0 Å². The summed E-state index contributed by atoms with van der Waals surface area (Å²) < 4.78 is 0. The highest BCUT2D eigenvalue weighted by molar-refractivity contribution is 7.09. The molecular weight excluding hydrogens is 365 g/mol. The summed E-state index contributed by atoms with van der Waals surface area (Å²) >= 11 is 1.55. The van der Waals surface area contributed by atoms with Gasteiger partial charge in [0.2, 0.25) is 0 Å². The van der Waals surface area contributed by atoms with Crippen molar-refractivity contribution < 1.29 is 4.79 Å². The van der Waals surface area contributed by atoms with Crippen molar-refractivity contribution in [3.8, 4) is 0 Å². The highest BCUT2D eigenvalue weighted by atomic mass is 35.5. The van der Waals surface area contributed by atoms with Crippen LogP contribution in [0.3, 0.4) is 0 Å². The number of piperidine rings is 1. The first kappa shape index (κ1) is 20.9. The molecule has 0 spiro atoms. The number of benzene rings is 1. The Balaban J connectivity index is 0.00000144. The molecule has 1 atom stereocenters. The Kier molecular flexibility index (Phi) is 9.29. The molecule has 1 fully saturated rings. The van der Waals surface area contributed by atoms with Crippen LogP contribution in [0.15, 0.2) is 35.7 Å². The number of thiazole rings is 1. The molecule has 4 nitrogen and oxygen atoms in total. The topological polar surface area (TPSA) is 54.0 Å². The zero-order chi connectivity index (χ0) is 15.2. The number of amides is 1. The van der Waals surface area contributed by atoms with E-state index in [1.807, 2.05) is 23.6 Å². The van der Waals surface area contributed by atoms with Crippen LogP contribution in [0, 0.1) is 5.92 Å². The van der Waals surface area contributed by atoms with Crippen molar-refractivity contribution in [3.05, 3.63) is 52.0 Å². The van der Waals surface area contributed by atoms with Crippen molar-refractivity contribution in [1.29, 1.82) is 0 Å². The van der Waals surface area contributed by atoms with E-state index in [1.165, 1.54) is 18.4 Å². The summed E-state index contributed by atoms with van der Waals surface area (Å²) in [7, 11) is 0. The maximum atomic E-state index is 12.2. The molecule has 0 bridgehead atoms. The summed E-state index contributed by atoms with van der Waals surface area (Å²) in [6, 6.07) is 10.2. The largest absolute Gasteiger partial charge is 0.350 e. The second kappa shape index (κ2) is 10.7. The van der Waals surface area contributed by atoms with E-state index in [9.17, 15) is 4.79 Å². The summed E-state index contributed by atoms with van der Waals surface area (Å²) in [5.74, 6) is 0.487. The van der Waals surface area contributed by atoms with Gasteiger partial charge in [0, 0.05) is 18.3 Å². The number of carbonyl (C=O) groups excluding carboxylic acids is 1. The van der Waals surface area contributed by atoms with E-state index in [4.69, 9.17) is 0 Å². The number of halogens is 2. The minimum Gasteiger partial charge on any atom is -0.350 e. The third-order valence-electron chi connectivity index (χ3n) is 3.93. The Morgan fingerprint density at radius 2 is 2.08 bits per heavy atom. The molecule has 1 saturated heterocycles. The number of carbonyl (C=O) groups is 1. The van der Waals surface area contributed by atoms with Crippen LogP contribution < -0.4 is 10.6 Å². The monoisotopic (exact) mass is 387 g/mol. The SMILES string of the molecule is Cl.Cl.O=C(NCC1CCCNC1)c1csc(Cc2ccccc2)n1. The van der Waals surface area contributed by atoms with Gasteiger partial charge in [0.1, 0.15) is 5.69 Å². The zero-order valence-electron chi connectivity index (χ0n) is 13.4. The molecule has 3 rings (SSSR count). The fourth-order valence-electron chi connectivity index (χ4n) is 2.69. The second-order valence-corrected chi connectivity index (χ2v) is 6.65. The Morgan fingerprint density at radius 3 is 2.79 bits per heavy atom. The molecule has 7 heteroatoms. The summed E-state index contributed by atoms with van der Waals surface area (Å²) in [6.45, 7) is 2.83. The summed E-state index contributed by atoms with van der Waals surface area (Å²) in [6.07, 6.45) is 3.16. The van der Waals surface area contributed by atoms with Gasteiger partial charge in [-0.3, -0.25) is 4.79 Å². The van der Waals surface area contributed by atoms with Crippen LogP contribution in [0.2, 0.25) is 0 Å². The molecule has 1 aromatic carbocycles. The number of nitrogens with one attached hydrogen (secondary N) is 2. The fraction of sp³-hybridized carbons (Fsp3) is 0.412.